The third-order valence-electron chi connectivity index (χ3n) is 10.4. The molecule has 0 spiro atoms. The van der Waals surface area contributed by atoms with Gasteiger partial charge in [0.15, 0.2) is 5.58 Å². The number of carbonyl (C=O) groups excluding carboxylic acids is 3. The summed E-state index contributed by atoms with van der Waals surface area (Å²) in [6.07, 6.45) is 5.47. The Morgan fingerprint density at radius 1 is 1.00 bits per heavy atom. The van der Waals surface area contributed by atoms with Gasteiger partial charge in [0.05, 0.1) is 41.0 Å². The Hall–Kier alpha value is -7.31. The van der Waals surface area contributed by atoms with Crippen molar-refractivity contribution in [2.75, 3.05) is 6.54 Å². The number of hydrogen-bond acceptors (Lipinski definition) is 8. The number of piperidine rings is 1. The lowest BCUT2D eigenvalue weighted by Gasteiger charge is -2.19. The predicted molar refractivity (Wildman–Crippen MR) is 211 cm³/mol. The summed E-state index contributed by atoms with van der Waals surface area (Å²) in [6, 6.07) is 21.2. The molecule has 56 heavy (non-hydrogen) atoms. The molecule has 0 bridgehead atoms. The Morgan fingerprint density at radius 2 is 1.84 bits per heavy atom. The number of nitrogens with zero attached hydrogens (tertiary/aromatic N) is 5. The zero-order valence-corrected chi connectivity index (χ0v) is 31.1. The molecule has 2 N–H and O–H groups in total. The number of imidazole rings is 1. The molecule has 4 aromatic heterocycles. The Bertz CT molecular complexity index is 2950. The molecule has 1 aliphatic rings. The Kier molecular flexibility index (Phi) is 9.03. The van der Waals surface area contributed by atoms with Crippen LogP contribution >= 0.6 is 0 Å². The second-order valence-corrected chi connectivity index (χ2v) is 14.2. The van der Waals surface area contributed by atoms with Crippen molar-refractivity contribution in [1.29, 1.82) is 5.26 Å². The van der Waals surface area contributed by atoms with Crippen LogP contribution in [-0.4, -0.2) is 43.4 Å². The van der Waals surface area contributed by atoms with E-state index < -0.39 is 17.7 Å². The van der Waals surface area contributed by atoms with E-state index in [9.17, 15) is 24.4 Å². The van der Waals surface area contributed by atoms with Gasteiger partial charge in [0.2, 0.25) is 11.8 Å². The molecule has 276 valence electrons. The molecular weight excluding hydrogens is 707 g/mol. The summed E-state index contributed by atoms with van der Waals surface area (Å²) in [5, 5.41) is 17.4. The van der Waals surface area contributed by atoms with E-state index in [0.29, 0.717) is 34.2 Å². The van der Waals surface area contributed by atoms with Crippen molar-refractivity contribution in [3.05, 3.63) is 118 Å². The van der Waals surface area contributed by atoms with Crippen LogP contribution in [0.3, 0.4) is 0 Å². The van der Waals surface area contributed by atoms with Crippen LogP contribution in [-0.2, 0) is 23.7 Å². The van der Waals surface area contributed by atoms with Crippen LogP contribution in [0.5, 0.6) is 0 Å². The fourth-order valence-electron chi connectivity index (χ4n) is 7.48. The van der Waals surface area contributed by atoms with Gasteiger partial charge in [-0.2, -0.15) is 5.26 Å². The second kappa shape index (κ2) is 14.2. The first-order chi connectivity index (χ1) is 27.0. The van der Waals surface area contributed by atoms with E-state index in [2.05, 4.69) is 65.6 Å². The van der Waals surface area contributed by atoms with Gasteiger partial charge in [-0.25, -0.2) is 4.79 Å². The Balaban J connectivity index is 0.983. The highest BCUT2D eigenvalue weighted by molar-refractivity contribution is 6.03. The largest absolute Gasteiger partial charge is 0.463 e. The number of aryl methyl sites for hydroxylation is 2. The number of nitriles is 1. The highest BCUT2D eigenvalue weighted by Gasteiger charge is 2.31. The first-order valence-corrected chi connectivity index (χ1v) is 18.1. The fraction of sp³-hybridized carbons (Fsp3) is 0.205. The molecule has 1 saturated heterocycles. The highest BCUT2D eigenvalue weighted by atomic mass is 16.3. The molecule has 8 rings (SSSR count). The monoisotopic (exact) mass is 741 g/mol. The Morgan fingerprint density at radius 3 is 2.59 bits per heavy atom. The van der Waals surface area contributed by atoms with Crippen molar-refractivity contribution in [3.63, 3.8) is 0 Å². The first-order valence-electron chi connectivity index (χ1n) is 18.1. The van der Waals surface area contributed by atoms with Crippen molar-refractivity contribution < 1.29 is 18.8 Å². The van der Waals surface area contributed by atoms with Gasteiger partial charge < -0.3 is 9.73 Å². The number of carbonyl (C=O) groups is 3. The predicted octanol–water partition coefficient (Wildman–Crippen LogP) is 6.20. The van der Waals surface area contributed by atoms with Crippen LogP contribution < -0.4 is 16.3 Å². The molecule has 7 aromatic rings. The molecule has 5 heterocycles. The van der Waals surface area contributed by atoms with E-state index in [1.165, 1.54) is 6.26 Å². The number of nitrogens with one attached hydrogen (secondary N) is 2. The van der Waals surface area contributed by atoms with Crippen molar-refractivity contribution in [1.82, 2.24) is 29.7 Å². The van der Waals surface area contributed by atoms with Gasteiger partial charge in [0, 0.05) is 60.4 Å². The van der Waals surface area contributed by atoms with Crippen molar-refractivity contribution in [2.45, 2.75) is 38.5 Å². The van der Waals surface area contributed by atoms with Gasteiger partial charge in [-0.1, -0.05) is 43.9 Å². The fourth-order valence-corrected chi connectivity index (χ4v) is 7.48. The summed E-state index contributed by atoms with van der Waals surface area (Å²) in [5.41, 5.74) is 8.26. The number of imide groups is 1. The maximum atomic E-state index is 13.0. The maximum absolute atomic E-state index is 13.0. The summed E-state index contributed by atoms with van der Waals surface area (Å²) in [6.45, 7) is 4.28. The van der Waals surface area contributed by atoms with E-state index in [-0.39, 0.29) is 41.7 Å². The maximum Gasteiger partial charge on any atom is 0.328 e. The van der Waals surface area contributed by atoms with E-state index in [0.717, 1.165) is 44.1 Å². The van der Waals surface area contributed by atoms with Crippen LogP contribution in [0.4, 0.5) is 0 Å². The summed E-state index contributed by atoms with van der Waals surface area (Å²) >= 11 is 0. The van der Waals surface area contributed by atoms with E-state index in [4.69, 9.17) is 9.40 Å². The number of fused-ring (bicyclic) bond motifs is 3. The molecular formula is C44H35N7O5. The number of furan rings is 1. The molecule has 3 aromatic carbocycles. The molecule has 1 atom stereocenters. The van der Waals surface area contributed by atoms with Gasteiger partial charge >= 0.3 is 5.69 Å². The summed E-state index contributed by atoms with van der Waals surface area (Å²) in [5.74, 6) is 4.41. The van der Waals surface area contributed by atoms with Crippen LogP contribution in [0, 0.1) is 23.2 Å². The minimum absolute atomic E-state index is 0.0221. The minimum atomic E-state index is -0.578. The normalized spacial score (nSPS) is 14.2. The lowest BCUT2D eigenvalue weighted by molar-refractivity contribution is -0.134. The first kappa shape index (κ1) is 35.7. The number of benzene rings is 3. The van der Waals surface area contributed by atoms with E-state index >= 15 is 0 Å². The third kappa shape index (κ3) is 6.27. The van der Waals surface area contributed by atoms with Crippen LogP contribution in [0.1, 0.15) is 71.3 Å². The van der Waals surface area contributed by atoms with Crippen LogP contribution in [0.2, 0.25) is 0 Å². The molecule has 12 heteroatoms. The topological polar surface area (TPSA) is 165 Å². The van der Waals surface area contributed by atoms with Crippen LogP contribution in [0.25, 0.3) is 55.2 Å². The average molecular weight is 742 g/mol. The number of amides is 3. The SMILES string of the molecule is CC(C)c1cc(-c2cccc3cc(-c4ccc(C(=O)NCC#Cc5cc(C#N)c6occ(C7CCC(=O)NC7=O)c6c5)nc4)ncc23)cc2c1n(C)c(=O)n2C. The molecule has 0 radical (unpaired) electrons. The zero-order valence-electron chi connectivity index (χ0n) is 31.1. The average Bonchev–Trinajstić information content (AvgIpc) is 3.72. The lowest BCUT2D eigenvalue weighted by Crippen LogP contribution is -2.39. The molecule has 1 fully saturated rings. The van der Waals surface area contributed by atoms with Crippen molar-refractivity contribution >= 4 is 50.5 Å². The summed E-state index contributed by atoms with van der Waals surface area (Å²) in [4.78, 5) is 59.1. The molecule has 3 amide bonds. The van der Waals surface area contributed by atoms with Gasteiger partial charge in [-0.15, -0.1) is 0 Å². The number of aromatic nitrogens is 4. The molecule has 0 saturated carbocycles. The zero-order chi connectivity index (χ0) is 39.2. The molecule has 1 unspecified atom stereocenters. The number of rotatable bonds is 6. The van der Waals surface area contributed by atoms with Gasteiger partial charge in [-0.3, -0.25) is 38.8 Å². The number of hydrogen-bond donors (Lipinski definition) is 2. The lowest BCUT2D eigenvalue weighted by atomic mass is 9.89. The standard InChI is InChI=1S/C44H35N7O5/c1-24(2)32-17-28(19-38-40(32)51(4)44(55)50(38)3)30-9-5-8-26-18-37(48-22-34(26)30)27-10-12-36(47-21-27)43(54)46-14-6-7-25-15-29(20-45)41-33(16-25)35(23-56-41)31-11-13-39(52)49-42(31)53/h5,8-10,12,15-19,21-24,31H,11,13-14H2,1-4H3,(H,46,54)(H,49,52,53). The summed E-state index contributed by atoms with van der Waals surface area (Å²) in [7, 11) is 3.61. The van der Waals surface area contributed by atoms with Gasteiger partial charge in [0.1, 0.15) is 11.8 Å². The summed E-state index contributed by atoms with van der Waals surface area (Å²) < 4.78 is 9.05. The number of pyridine rings is 2. The highest BCUT2D eigenvalue weighted by Crippen LogP contribution is 2.36. The molecule has 1 aliphatic heterocycles. The van der Waals surface area contributed by atoms with Crippen LogP contribution in [0.15, 0.2) is 88.5 Å². The van der Waals surface area contributed by atoms with Gasteiger partial charge in [-0.05, 0) is 76.9 Å². The van der Waals surface area contributed by atoms with Gasteiger partial charge in [0.25, 0.3) is 5.91 Å². The van der Waals surface area contributed by atoms with Crippen molar-refractivity contribution in [2.24, 2.45) is 14.1 Å². The molecule has 12 nitrogen and oxygen atoms in total. The van der Waals surface area contributed by atoms with E-state index in [1.807, 2.05) is 31.4 Å². The van der Waals surface area contributed by atoms with E-state index in [1.54, 1.807) is 46.6 Å². The quantitative estimate of drug-likeness (QED) is 0.150. The molecule has 0 aliphatic carbocycles. The Labute approximate surface area is 320 Å². The van der Waals surface area contributed by atoms with Crippen molar-refractivity contribution in [3.8, 4) is 40.3 Å². The smallest absolute Gasteiger partial charge is 0.328 e. The second-order valence-electron chi connectivity index (χ2n) is 14.2. The minimum Gasteiger partial charge on any atom is -0.463 e. The third-order valence-corrected chi connectivity index (χ3v) is 10.4.